The van der Waals surface area contributed by atoms with E-state index in [1.807, 2.05) is 6.07 Å². The molecule has 0 unspecified atom stereocenters. The van der Waals surface area contributed by atoms with E-state index in [-0.39, 0.29) is 37.0 Å². The predicted molar refractivity (Wildman–Crippen MR) is 226 cm³/mol. The molecule has 2 fully saturated rings. The molecule has 2 aliphatic carbocycles. The molecule has 324 valence electrons. The lowest BCUT2D eigenvalue weighted by molar-refractivity contribution is -0.133. The van der Waals surface area contributed by atoms with Crippen molar-refractivity contribution >= 4 is 41.2 Å². The topological polar surface area (TPSA) is 226 Å². The number of carbonyl (C=O) groups excluding carboxylic acids is 7. The summed E-state index contributed by atoms with van der Waals surface area (Å²) in [6.45, 7) is 0.192. The fraction of sp³-hybridized carbons (Fsp3) is 0.543. The maximum Gasteiger partial charge on any atom is 0.244 e. The third-order valence-electron chi connectivity index (χ3n) is 12.0. The molecule has 8 N–H and O–H groups in total. The summed E-state index contributed by atoms with van der Waals surface area (Å²) in [6, 6.07) is 11.9. The lowest BCUT2D eigenvalue weighted by atomic mass is 9.83. The van der Waals surface area contributed by atoms with Crippen LogP contribution in [-0.4, -0.2) is 83.1 Å². The maximum atomic E-state index is 14.2. The van der Waals surface area contributed by atoms with Crippen molar-refractivity contribution in [3.05, 3.63) is 83.4 Å². The van der Waals surface area contributed by atoms with Gasteiger partial charge in [0.05, 0.1) is 18.6 Å². The van der Waals surface area contributed by atoms with Gasteiger partial charge in [-0.2, -0.15) is 0 Å². The molecule has 0 bridgehead atoms. The second-order valence-corrected chi connectivity index (χ2v) is 16.7. The molecular weight excluding hydrogens is 765 g/mol. The van der Waals surface area contributed by atoms with E-state index in [4.69, 9.17) is 5.73 Å². The molecule has 14 nitrogen and oxygen atoms in total. The van der Waals surface area contributed by atoms with Crippen molar-refractivity contribution in [2.45, 2.75) is 139 Å². The molecule has 0 aromatic heterocycles. The first kappa shape index (κ1) is 45.7. The Hall–Kier alpha value is -5.37. The zero-order chi connectivity index (χ0) is 42.9. The minimum atomic E-state index is -1.30. The molecule has 60 heavy (non-hydrogen) atoms. The lowest BCUT2D eigenvalue weighted by Crippen LogP contribution is -2.55. The SMILES string of the molecule is NC(=O)[C@@H]1CCCCNC(=O)[C@@H](Cc2ccc(C(=O)c3ccccc3)cc2)NC(=O)[C@H](CC2CCCCC2)NC(=O)C[C@@H](O)[C@H](CC2CCCCC2)NC(=O)C=CC(=O)N1. The molecule has 14 heteroatoms. The Kier molecular flexibility index (Phi) is 17.8. The lowest BCUT2D eigenvalue weighted by Gasteiger charge is -2.31. The molecule has 3 aliphatic rings. The average molecular weight is 827 g/mol. The minimum absolute atomic E-state index is 0.0893. The van der Waals surface area contributed by atoms with E-state index in [1.54, 1.807) is 48.5 Å². The van der Waals surface area contributed by atoms with Crippen LogP contribution in [0.3, 0.4) is 0 Å². The minimum Gasteiger partial charge on any atom is -0.390 e. The second kappa shape index (κ2) is 23.4. The van der Waals surface area contributed by atoms with Gasteiger partial charge in [-0.15, -0.1) is 0 Å². The third kappa shape index (κ3) is 14.7. The third-order valence-corrected chi connectivity index (χ3v) is 12.0. The van der Waals surface area contributed by atoms with Crippen LogP contribution < -0.4 is 32.3 Å². The molecule has 1 aliphatic heterocycles. The highest BCUT2D eigenvalue weighted by Crippen LogP contribution is 2.29. The molecule has 0 saturated heterocycles. The average Bonchev–Trinajstić information content (AvgIpc) is 3.25. The standard InChI is InChI=1S/C46H62N6O8/c47-44(58)35-18-10-11-25-48-45(59)37(28-32-19-21-34(22-20-32)43(57)33-16-8-3-9-17-33)52-46(60)38(27-31-14-6-2-7-15-31)51-42(56)29-39(53)36(26-30-12-4-1-5-13-30)50-41(55)24-23-40(54)49-35/h3,8-9,16-17,19-24,30-31,35-39,53H,1-2,4-7,10-15,18,25-29H2,(H2,47,58)(H,48,59)(H,49,54)(H,50,55)(H,51,56)(H,52,60)/t35-,36-,37+,38-,39+/m0/s1. The monoisotopic (exact) mass is 826 g/mol. The quantitative estimate of drug-likeness (QED) is 0.185. The van der Waals surface area contributed by atoms with Crippen LogP contribution in [0, 0.1) is 11.8 Å². The van der Waals surface area contributed by atoms with Crippen LogP contribution in [0.1, 0.15) is 124 Å². The summed E-state index contributed by atoms with van der Waals surface area (Å²) >= 11 is 0. The van der Waals surface area contributed by atoms with E-state index < -0.39 is 72.1 Å². The first-order valence-corrected chi connectivity index (χ1v) is 21.8. The normalized spacial score (nSPS) is 25.3. The van der Waals surface area contributed by atoms with E-state index >= 15 is 0 Å². The number of hydrogen-bond donors (Lipinski definition) is 7. The Morgan fingerprint density at radius 1 is 0.617 bits per heavy atom. The van der Waals surface area contributed by atoms with Gasteiger partial charge in [0.1, 0.15) is 18.1 Å². The van der Waals surface area contributed by atoms with Crippen molar-refractivity contribution in [2.24, 2.45) is 17.6 Å². The van der Waals surface area contributed by atoms with Crippen molar-refractivity contribution < 1.29 is 38.7 Å². The largest absolute Gasteiger partial charge is 0.390 e. The van der Waals surface area contributed by atoms with Crippen LogP contribution in [0.5, 0.6) is 0 Å². The molecule has 5 rings (SSSR count). The number of primary amides is 1. The predicted octanol–water partition coefficient (Wildman–Crippen LogP) is 3.43. The van der Waals surface area contributed by atoms with Crippen LogP contribution in [0.2, 0.25) is 0 Å². The molecule has 2 saturated carbocycles. The van der Waals surface area contributed by atoms with Crippen LogP contribution in [0.4, 0.5) is 0 Å². The molecule has 0 spiro atoms. The van der Waals surface area contributed by atoms with Crippen molar-refractivity contribution in [1.29, 1.82) is 0 Å². The molecule has 6 amide bonds. The molecule has 0 radical (unpaired) electrons. The molecule has 1 heterocycles. The number of aliphatic hydroxyl groups excluding tert-OH is 1. The summed E-state index contributed by atoms with van der Waals surface area (Å²) in [5.41, 5.74) is 7.28. The molecule has 5 atom stereocenters. The van der Waals surface area contributed by atoms with Gasteiger partial charge in [0.25, 0.3) is 0 Å². The summed E-state index contributed by atoms with van der Waals surface area (Å²) in [7, 11) is 0. The first-order chi connectivity index (χ1) is 28.9. The summed E-state index contributed by atoms with van der Waals surface area (Å²) in [6.07, 6.45) is 12.1. The van der Waals surface area contributed by atoms with E-state index in [9.17, 15) is 38.7 Å². The number of hydrogen-bond acceptors (Lipinski definition) is 8. The highest BCUT2D eigenvalue weighted by molar-refractivity contribution is 6.09. The Bertz CT molecular complexity index is 1810. The van der Waals surface area contributed by atoms with Gasteiger partial charge in [-0.1, -0.05) is 119 Å². The first-order valence-electron chi connectivity index (χ1n) is 21.8. The van der Waals surface area contributed by atoms with Gasteiger partial charge >= 0.3 is 0 Å². The van der Waals surface area contributed by atoms with Crippen molar-refractivity contribution in [3.8, 4) is 0 Å². The fourth-order valence-corrected chi connectivity index (χ4v) is 8.63. The number of nitrogens with two attached hydrogens (primary N) is 1. The zero-order valence-corrected chi connectivity index (χ0v) is 34.5. The maximum absolute atomic E-state index is 14.2. The van der Waals surface area contributed by atoms with E-state index in [0.717, 1.165) is 76.4 Å². The molecule has 2 aromatic carbocycles. The van der Waals surface area contributed by atoms with E-state index in [1.165, 1.54) is 0 Å². The van der Waals surface area contributed by atoms with Gasteiger partial charge in [0, 0.05) is 36.2 Å². The summed E-state index contributed by atoms with van der Waals surface area (Å²) < 4.78 is 0. The number of benzene rings is 2. The van der Waals surface area contributed by atoms with Crippen LogP contribution >= 0.6 is 0 Å². The van der Waals surface area contributed by atoms with Crippen molar-refractivity contribution in [2.75, 3.05) is 6.54 Å². The Morgan fingerprint density at radius 3 is 1.83 bits per heavy atom. The van der Waals surface area contributed by atoms with Crippen LogP contribution in [0.25, 0.3) is 0 Å². The van der Waals surface area contributed by atoms with Gasteiger partial charge in [-0.25, -0.2) is 0 Å². The van der Waals surface area contributed by atoms with Crippen molar-refractivity contribution in [1.82, 2.24) is 26.6 Å². The molecule has 2 aromatic rings. The second-order valence-electron chi connectivity index (χ2n) is 16.7. The highest BCUT2D eigenvalue weighted by atomic mass is 16.3. The van der Waals surface area contributed by atoms with E-state index in [0.29, 0.717) is 42.4 Å². The number of amides is 6. The Balaban J connectivity index is 1.39. The van der Waals surface area contributed by atoms with Gasteiger partial charge in [0.15, 0.2) is 5.78 Å². The number of carbonyl (C=O) groups is 7. The van der Waals surface area contributed by atoms with Gasteiger partial charge in [0.2, 0.25) is 35.4 Å². The highest BCUT2D eigenvalue weighted by Gasteiger charge is 2.32. The van der Waals surface area contributed by atoms with Gasteiger partial charge in [-0.05, 0) is 49.5 Å². The Labute approximate surface area is 352 Å². The fourth-order valence-electron chi connectivity index (χ4n) is 8.63. The summed E-state index contributed by atoms with van der Waals surface area (Å²) in [4.78, 5) is 93.0. The number of nitrogens with one attached hydrogen (secondary N) is 5. The summed E-state index contributed by atoms with van der Waals surface area (Å²) in [5, 5.41) is 25.5. The number of aliphatic hydroxyl groups is 1. The number of rotatable bonds is 9. The summed E-state index contributed by atoms with van der Waals surface area (Å²) in [5.74, 6) is -3.41. The van der Waals surface area contributed by atoms with Gasteiger partial charge < -0.3 is 37.4 Å². The van der Waals surface area contributed by atoms with Crippen LogP contribution in [0.15, 0.2) is 66.7 Å². The van der Waals surface area contributed by atoms with E-state index in [2.05, 4.69) is 26.6 Å². The Morgan fingerprint density at radius 2 is 1.20 bits per heavy atom. The molecular formula is C46H62N6O8. The zero-order valence-electron chi connectivity index (χ0n) is 34.5. The van der Waals surface area contributed by atoms with Crippen molar-refractivity contribution in [3.63, 3.8) is 0 Å². The van der Waals surface area contributed by atoms with Crippen LogP contribution in [-0.2, 0) is 35.2 Å². The smallest absolute Gasteiger partial charge is 0.244 e. The number of ketones is 1. The van der Waals surface area contributed by atoms with Gasteiger partial charge in [-0.3, -0.25) is 33.6 Å².